The summed E-state index contributed by atoms with van der Waals surface area (Å²) in [6, 6.07) is 15.7. The number of ether oxygens (including phenoxy) is 1. The molecule has 0 saturated carbocycles. The average Bonchev–Trinajstić information content (AvgIpc) is 2.54. The van der Waals surface area contributed by atoms with E-state index in [4.69, 9.17) is 4.74 Å². The average molecular weight is 312 g/mol. The van der Waals surface area contributed by atoms with Crippen LogP contribution in [0.4, 0.5) is 0 Å². The van der Waals surface area contributed by atoms with E-state index in [-0.39, 0.29) is 0 Å². The van der Waals surface area contributed by atoms with Crippen LogP contribution in [0.2, 0.25) is 0 Å². The molecule has 22 heavy (non-hydrogen) atoms. The molecule has 2 aromatic carbocycles. The lowest BCUT2D eigenvalue weighted by Gasteiger charge is -2.29. The van der Waals surface area contributed by atoms with E-state index in [1.165, 1.54) is 7.11 Å². The van der Waals surface area contributed by atoms with Crippen molar-refractivity contribution in [3.05, 3.63) is 71.3 Å². The largest absolute Gasteiger partial charge is 0.466 e. The molecule has 1 aliphatic rings. The van der Waals surface area contributed by atoms with Gasteiger partial charge < -0.3 is 9.84 Å². The van der Waals surface area contributed by atoms with Gasteiger partial charge in [0.15, 0.2) is 0 Å². The summed E-state index contributed by atoms with van der Waals surface area (Å²) in [6.07, 6.45) is 1.58. The third-order valence-corrected chi connectivity index (χ3v) is 4.77. The van der Waals surface area contributed by atoms with Gasteiger partial charge in [-0.05, 0) is 35.8 Å². The normalized spacial score (nSPS) is 20.0. The maximum absolute atomic E-state index is 12.0. The van der Waals surface area contributed by atoms with Gasteiger partial charge in [-0.25, -0.2) is 4.79 Å². The van der Waals surface area contributed by atoms with Crippen molar-refractivity contribution in [2.24, 2.45) is 0 Å². The predicted molar refractivity (Wildman–Crippen MR) is 87.5 cm³/mol. The van der Waals surface area contributed by atoms with Crippen molar-refractivity contribution in [3.8, 4) is 0 Å². The van der Waals surface area contributed by atoms with Gasteiger partial charge in [-0.1, -0.05) is 59.8 Å². The Balaban J connectivity index is 2.21. The summed E-state index contributed by atoms with van der Waals surface area (Å²) < 4.78 is 4.76. The van der Waals surface area contributed by atoms with Gasteiger partial charge in [0, 0.05) is 4.90 Å². The highest BCUT2D eigenvalue weighted by Crippen LogP contribution is 2.45. The van der Waals surface area contributed by atoms with Crippen LogP contribution in [-0.2, 0) is 9.53 Å². The number of hydrogen-bond acceptors (Lipinski definition) is 4. The molecule has 1 N–H and O–H groups in total. The summed E-state index contributed by atoms with van der Waals surface area (Å²) >= 11 is 1.10. The number of hydrogen-bond donors (Lipinski definition) is 1. The quantitative estimate of drug-likeness (QED) is 0.864. The number of benzene rings is 2. The second kappa shape index (κ2) is 5.63. The molecule has 0 fully saturated rings. The molecule has 112 valence electrons. The van der Waals surface area contributed by atoms with Crippen LogP contribution in [0.3, 0.4) is 0 Å². The number of esters is 1. The zero-order chi connectivity index (χ0) is 15.7. The number of rotatable bonds is 2. The first kappa shape index (κ1) is 14.9. The van der Waals surface area contributed by atoms with Crippen LogP contribution in [0.15, 0.2) is 59.5 Å². The van der Waals surface area contributed by atoms with Crippen LogP contribution in [0, 0.1) is 6.92 Å². The van der Waals surface area contributed by atoms with Crippen LogP contribution >= 0.6 is 11.8 Å². The van der Waals surface area contributed by atoms with Crippen molar-refractivity contribution in [2.45, 2.75) is 16.8 Å². The molecule has 0 aromatic heterocycles. The van der Waals surface area contributed by atoms with E-state index in [1.807, 2.05) is 49.4 Å². The van der Waals surface area contributed by atoms with Crippen molar-refractivity contribution >= 4 is 23.3 Å². The molecule has 3 nitrogen and oxygen atoms in total. The first-order chi connectivity index (χ1) is 10.5. The number of carbonyl (C=O) groups is 1. The number of methoxy groups -OCH3 is 1. The molecular formula is C18H16O3S. The predicted octanol–water partition coefficient (Wildman–Crippen LogP) is 3.39. The van der Waals surface area contributed by atoms with Gasteiger partial charge in [0.1, 0.15) is 0 Å². The highest BCUT2D eigenvalue weighted by molar-refractivity contribution is 8.01. The third-order valence-electron chi connectivity index (χ3n) is 3.59. The van der Waals surface area contributed by atoms with E-state index in [2.05, 4.69) is 6.07 Å². The van der Waals surface area contributed by atoms with Crippen LogP contribution in [0.5, 0.6) is 0 Å². The topological polar surface area (TPSA) is 46.5 Å². The second-order valence-electron chi connectivity index (χ2n) is 5.21. The minimum Gasteiger partial charge on any atom is -0.466 e. The van der Waals surface area contributed by atoms with Gasteiger partial charge >= 0.3 is 5.97 Å². The molecule has 0 radical (unpaired) electrons. The zero-order valence-electron chi connectivity index (χ0n) is 12.4. The lowest BCUT2D eigenvalue weighted by molar-refractivity contribution is -0.150. The highest BCUT2D eigenvalue weighted by Gasteiger charge is 2.41. The highest BCUT2D eigenvalue weighted by atomic mass is 32.2. The third kappa shape index (κ3) is 2.56. The minimum atomic E-state index is -1.71. The van der Waals surface area contributed by atoms with Crippen molar-refractivity contribution in [1.82, 2.24) is 0 Å². The van der Waals surface area contributed by atoms with Crippen molar-refractivity contribution in [3.63, 3.8) is 0 Å². The molecule has 0 bridgehead atoms. The van der Waals surface area contributed by atoms with E-state index in [0.29, 0.717) is 0 Å². The number of fused-ring (bicyclic) bond motifs is 1. The number of thioether (sulfide) groups is 1. The van der Waals surface area contributed by atoms with Crippen LogP contribution in [0.25, 0.3) is 5.57 Å². The molecule has 4 heteroatoms. The van der Waals surface area contributed by atoms with Crippen molar-refractivity contribution < 1.29 is 14.6 Å². The van der Waals surface area contributed by atoms with Gasteiger partial charge in [-0.2, -0.15) is 0 Å². The number of aliphatic hydroxyl groups is 1. The number of aryl methyl sites for hydroxylation is 1. The molecular weight excluding hydrogens is 296 g/mol. The molecule has 1 unspecified atom stereocenters. The van der Waals surface area contributed by atoms with Gasteiger partial charge in [0.25, 0.3) is 0 Å². The van der Waals surface area contributed by atoms with E-state index in [9.17, 15) is 9.90 Å². The molecule has 0 saturated heterocycles. The summed E-state index contributed by atoms with van der Waals surface area (Å²) in [5, 5.41) is 10.7. The number of carbonyl (C=O) groups excluding carboxylic acids is 1. The fourth-order valence-corrected chi connectivity index (χ4v) is 3.61. The SMILES string of the molecule is COC(=O)C1(O)C=C(c2ccccc2)c2cc(C)ccc2S1. The summed E-state index contributed by atoms with van der Waals surface area (Å²) in [4.78, 5) is 11.2. The smallest absolute Gasteiger partial charge is 0.353 e. The lowest BCUT2D eigenvalue weighted by atomic mass is 9.94. The fraction of sp³-hybridized carbons (Fsp3) is 0.167. The molecule has 0 amide bonds. The Labute approximate surface area is 133 Å². The maximum atomic E-state index is 12.0. The lowest BCUT2D eigenvalue weighted by Crippen LogP contribution is -2.35. The van der Waals surface area contributed by atoms with Crippen molar-refractivity contribution in [2.75, 3.05) is 7.11 Å². The zero-order valence-corrected chi connectivity index (χ0v) is 13.2. The second-order valence-corrected chi connectivity index (χ2v) is 6.48. The van der Waals surface area contributed by atoms with E-state index in [1.54, 1.807) is 6.08 Å². The van der Waals surface area contributed by atoms with Gasteiger partial charge in [0.05, 0.1) is 7.11 Å². The molecule has 1 atom stereocenters. The Morgan fingerprint density at radius 1 is 1.18 bits per heavy atom. The van der Waals surface area contributed by atoms with Gasteiger partial charge in [-0.3, -0.25) is 0 Å². The standard InChI is InChI=1S/C18H16O3S/c1-12-8-9-16-14(10-12)15(13-6-4-3-5-7-13)11-18(20,22-16)17(19)21-2/h3-11,20H,1-2H3. The van der Waals surface area contributed by atoms with Crippen LogP contribution in [0.1, 0.15) is 16.7 Å². The first-order valence-electron chi connectivity index (χ1n) is 6.92. The van der Waals surface area contributed by atoms with Crippen LogP contribution in [-0.4, -0.2) is 23.1 Å². The van der Waals surface area contributed by atoms with E-state index in [0.717, 1.165) is 38.9 Å². The Hall–Kier alpha value is -2.04. The Morgan fingerprint density at radius 3 is 2.59 bits per heavy atom. The summed E-state index contributed by atoms with van der Waals surface area (Å²) in [5.41, 5.74) is 3.94. The molecule has 2 aromatic rings. The maximum Gasteiger partial charge on any atom is 0.353 e. The molecule has 1 aliphatic heterocycles. The Kier molecular flexibility index (Phi) is 3.81. The summed E-state index contributed by atoms with van der Waals surface area (Å²) in [5.74, 6) is -0.669. The van der Waals surface area contributed by atoms with E-state index >= 15 is 0 Å². The minimum absolute atomic E-state index is 0.669. The molecule has 0 spiro atoms. The summed E-state index contributed by atoms with van der Waals surface area (Å²) in [7, 11) is 1.28. The fourth-order valence-electron chi connectivity index (χ4n) is 2.52. The summed E-state index contributed by atoms with van der Waals surface area (Å²) in [6.45, 7) is 2.02. The van der Waals surface area contributed by atoms with Gasteiger partial charge in [-0.15, -0.1) is 0 Å². The Morgan fingerprint density at radius 2 is 1.91 bits per heavy atom. The van der Waals surface area contributed by atoms with E-state index < -0.39 is 10.9 Å². The van der Waals surface area contributed by atoms with Crippen LogP contribution < -0.4 is 0 Å². The molecule has 1 heterocycles. The van der Waals surface area contributed by atoms with Gasteiger partial charge in [0.2, 0.25) is 4.93 Å². The Bertz CT molecular complexity index is 752. The molecule has 3 rings (SSSR count). The molecule has 0 aliphatic carbocycles. The first-order valence-corrected chi connectivity index (χ1v) is 7.74. The monoisotopic (exact) mass is 312 g/mol. The van der Waals surface area contributed by atoms with Crippen molar-refractivity contribution in [1.29, 1.82) is 0 Å².